The second-order valence-corrected chi connectivity index (χ2v) is 5.03. The van der Waals surface area contributed by atoms with Gasteiger partial charge in [-0.05, 0) is 43.3 Å². The summed E-state index contributed by atoms with van der Waals surface area (Å²) >= 11 is 0. The molecule has 0 spiro atoms. The molecule has 0 aromatic heterocycles. The Labute approximate surface area is 150 Å². The van der Waals surface area contributed by atoms with Crippen LogP contribution in [0.4, 0.5) is 5.69 Å². The number of hydrogen-bond donors (Lipinski definition) is 0. The van der Waals surface area contributed by atoms with E-state index in [2.05, 4.69) is 0 Å². The first-order chi connectivity index (χ1) is 12.6. The Morgan fingerprint density at radius 3 is 2.08 bits per heavy atom. The van der Waals surface area contributed by atoms with Crippen LogP contribution in [-0.4, -0.2) is 37.3 Å². The minimum Gasteiger partial charge on any atom is -0.491 e. The number of ether oxygens (including phenoxy) is 4. The van der Waals surface area contributed by atoms with Gasteiger partial charge in [0.1, 0.15) is 23.9 Å². The number of benzene rings is 2. The highest BCUT2D eigenvalue weighted by Gasteiger charge is 2.09. The molecule has 0 N–H and O–H groups in total. The van der Waals surface area contributed by atoms with E-state index in [0.29, 0.717) is 31.3 Å². The van der Waals surface area contributed by atoms with Crippen LogP contribution in [0.15, 0.2) is 48.5 Å². The first kappa shape index (κ1) is 19.2. The third kappa shape index (κ3) is 6.40. The summed E-state index contributed by atoms with van der Waals surface area (Å²) in [4.78, 5) is 21.8. The van der Waals surface area contributed by atoms with E-state index >= 15 is 0 Å². The summed E-state index contributed by atoms with van der Waals surface area (Å²) in [5.41, 5.74) is -0.0791. The summed E-state index contributed by atoms with van der Waals surface area (Å²) in [7, 11) is 0. The van der Waals surface area contributed by atoms with E-state index in [9.17, 15) is 14.9 Å². The summed E-state index contributed by atoms with van der Waals surface area (Å²) in [6.45, 7) is 3.24. The molecule has 2 aromatic carbocycles. The van der Waals surface area contributed by atoms with Gasteiger partial charge in [0, 0.05) is 18.7 Å². The molecule has 26 heavy (non-hydrogen) atoms. The third-order valence-corrected chi connectivity index (χ3v) is 3.16. The molecular formula is C18H19NO7. The van der Waals surface area contributed by atoms with Crippen LogP contribution in [0.25, 0.3) is 0 Å². The van der Waals surface area contributed by atoms with Crippen molar-refractivity contribution in [2.45, 2.75) is 6.92 Å². The maximum atomic E-state index is 11.8. The summed E-state index contributed by atoms with van der Waals surface area (Å²) in [6.07, 6.45) is 0. The number of nitro benzene ring substituents is 1. The molecule has 0 heterocycles. The number of carbonyl (C=O) groups is 1. The van der Waals surface area contributed by atoms with Crippen molar-refractivity contribution in [1.82, 2.24) is 0 Å². The number of esters is 1. The van der Waals surface area contributed by atoms with E-state index in [1.54, 1.807) is 24.3 Å². The summed E-state index contributed by atoms with van der Waals surface area (Å²) in [5, 5.41) is 10.6. The molecule has 0 radical (unpaired) electrons. The predicted octanol–water partition coefficient (Wildman–Crippen LogP) is 2.99. The number of non-ortho nitro benzene ring substituents is 1. The lowest BCUT2D eigenvalue weighted by Crippen LogP contribution is -2.17. The average molecular weight is 361 g/mol. The summed E-state index contributed by atoms with van der Waals surface area (Å²) < 4.78 is 21.0. The highest BCUT2D eigenvalue weighted by atomic mass is 16.6. The second-order valence-electron chi connectivity index (χ2n) is 5.03. The Morgan fingerprint density at radius 2 is 1.50 bits per heavy atom. The van der Waals surface area contributed by atoms with Crippen LogP contribution in [0.3, 0.4) is 0 Å². The van der Waals surface area contributed by atoms with Crippen LogP contribution in [0, 0.1) is 10.1 Å². The van der Waals surface area contributed by atoms with Crippen LogP contribution in [0.1, 0.15) is 6.92 Å². The zero-order chi connectivity index (χ0) is 18.8. The Balaban J connectivity index is 1.75. The maximum Gasteiger partial charge on any atom is 0.349 e. The molecule has 0 saturated heterocycles. The fraction of sp³-hybridized carbons (Fsp3) is 0.278. The maximum absolute atomic E-state index is 11.8. The Kier molecular flexibility index (Phi) is 7.38. The molecule has 0 atom stereocenters. The predicted molar refractivity (Wildman–Crippen MR) is 92.7 cm³/mol. The van der Waals surface area contributed by atoms with Gasteiger partial charge in [-0.2, -0.15) is 0 Å². The van der Waals surface area contributed by atoms with Crippen LogP contribution in [-0.2, 0) is 9.53 Å². The number of carbonyl (C=O) groups excluding carboxylic acids is 1. The van der Waals surface area contributed by atoms with Gasteiger partial charge in [-0.3, -0.25) is 10.1 Å². The van der Waals surface area contributed by atoms with Crippen molar-refractivity contribution in [3.05, 3.63) is 58.6 Å². The molecule has 2 rings (SSSR count). The molecule has 0 saturated carbocycles. The van der Waals surface area contributed by atoms with E-state index < -0.39 is 10.9 Å². The molecule has 2 aromatic rings. The summed E-state index contributed by atoms with van der Waals surface area (Å²) in [6, 6.07) is 12.0. The molecule has 8 nitrogen and oxygen atoms in total. The normalized spacial score (nSPS) is 10.2. The minimum absolute atomic E-state index is 0.0791. The van der Waals surface area contributed by atoms with Gasteiger partial charge >= 0.3 is 5.97 Å². The van der Waals surface area contributed by atoms with Gasteiger partial charge in [-0.15, -0.1) is 0 Å². The molecule has 0 aliphatic heterocycles. The van der Waals surface area contributed by atoms with Gasteiger partial charge in [-0.25, -0.2) is 4.79 Å². The van der Waals surface area contributed by atoms with Gasteiger partial charge in [-0.1, -0.05) is 0 Å². The number of nitro groups is 1. The molecule has 0 unspecified atom stereocenters. The molecule has 0 aliphatic carbocycles. The van der Waals surface area contributed by atoms with Crippen LogP contribution in [0.5, 0.6) is 17.2 Å². The lowest BCUT2D eigenvalue weighted by atomic mass is 10.3. The standard InChI is InChI=1S/C18H19NO7/c1-2-23-11-12-24-15-7-9-16(10-8-15)25-13-18(20)26-17-5-3-14(4-6-17)19(21)22/h3-10H,2,11-13H2,1H3. The number of hydrogen-bond acceptors (Lipinski definition) is 7. The van der Waals surface area contributed by atoms with Crippen molar-refractivity contribution in [1.29, 1.82) is 0 Å². The first-order valence-electron chi connectivity index (χ1n) is 7.97. The summed E-state index contributed by atoms with van der Waals surface area (Å²) in [5.74, 6) is 0.756. The molecule has 0 bridgehead atoms. The minimum atomic E-state index is -0.615. The lowest BCUT2D eigenvalue weighted by Gasteiger charge is -2.09. The molecule has 0 aliphatic rings. The largest absolute Gasteiger partial charge is 0.491 e. The van der Waals surface area contributed by atoms with E-state index in [0.717, 1.165) is 0 Å². The fourth-order valence-corrected chi connectivity index (χ4v) is 1.93. The van der Waals surface area contributed by atoms with Crippen LogP contribution < -0.4 is 14.2 Å². The Morgan fingerprint density at radius 1 is 0.923 bits per heavy atom. The van der Waals surface area contributed by atoms with Crippen molar-refractivity contribution in [3.8, 4) is 17.2 Å². The van der Waals surface area contributed by atoms with Crippen LogP contribution in [0.2, 0.25) is 0 Å². The molecule has 0 amide bonds. The number of nitrogens with zero attached hydrogens (tertiary/aromatic N) is 1. The molecule has 138 valence electrons. The Bertz CT molecular complexity index is 713. The van der Waals surface area contributed by atoms with E-state index in [-0.39, 0.29) is 18.0 Å². The molecule has 0 fully saturated rings. The zero-order valence-corrected chi connectivity index (χ0v) is 14.3. The Hall–Kier alpha value is -3.13. The van der Waals surface area contributed by atoms with Crippen molar-refractivity contribution >= 4 is 11.7 Å². The smallest absolute Gasteiger partial charge is 0.349 e. The van der Waals surface area contributed by atoms with Gasteiger partial charge in [0.05, 0.1) is 11.5 Å². The quantitative estimate of drug-likeness (QED) is 0.211. The second kappa shape index (κ2) is 10.00. The first-order valence-corrected chi connectivity index (χ1v) is 7.97. The monoisotopic (exact) mass is 361 g/mol. The highest BCUT2D eigenvalue weighted by Crippen LogP contribution is 2.19. The van der Waals surface area contributed by atoms with Crippen LogP contribution >= 0.6 is 0 Å². The lowest BCUT2D eigenvalue weighted by molar-refractivity contribution is -0.384. The van der Waals surface area contributed by atoms with Crippen molar-refractivity contribution in [3.63, 3.8) is 0 Å². The van der Waals surface area contributed by atoms with E-state index in [1.165, 1.54) is 24.3 Å². The third-order valence-electron chi connectivity index (χ3n) is 3.16. The fourth-order valence-electron chi connectivity index (χ4n) is 1.93. The SMILES string of the molecule is CCOCCOc1ccc(OCC(=O)Oc2ccc([N+](=O)[O-])cc2)cc1. The topological polar surface area (TPSA) is 97.1 Å². The van der Waals surface area contributed by atoms with Gasteiger partial charge in [0.25, 0.3) is 5.69 Å². The highest BCUT2D eigenvalue weighted by molar-refractivity contribution is 5.74. The van der Waals surface area contributed by atoms with Gasteiger partial charge in [0.15, 0.2) is 6.61 Å². The zero-order valence-electron chi connectivity index (χ0n) is 14.3. The van der Waals surface area contributed by atoms with Crippen molar-refractivity contribution < 1.29 is 28.7 Å². The average Bonchev–Trinajstić information content (AvgIpc) is 2.65. The van der Waals surface area contributed by atoms with Gasteiger partial charge < -0.3 is 18.9 Å². The van der Waals surface area contributed by atoms with Gasteiger partial charge in [0.2, 0.25) is 0 Å². The number of rotatable bonds is 10. The molecular weight excluding hydrogens is 342 g/mol. The van der Waals surface area contributed by atoms with Crippen molar-refractivity contribution in [2.24, 2.45) is 0 Å². The van der Waals surface area contributed by atoms with E-state index in [1.807, 2.05) is 6.92 Å². The molecule has 8 heteroatoms. The van der Waals surface area contributed by atoms with E-state index in [4.69, 9.17) is 18.9 Å². The van der Waals surface area contributed by atoms with Crippen molar-refractivity contribution in [2.75, 3.05) is 26.4 Å².